The van der Waals surface area contributed by atoms with Gasteiger partial charge >= 0.3 is 0 Å². The summed E-state index contributed by atoms with van der Waals surface area (Å²) in [5.41, 5.74) is 3.33. The summed E-state index contributed by atoms with van der Waals surface area (Å²) in [6.45, 7) is 4.09. The first-order valence-corrected chi connectivity index (χ1v) is 10.8. The summed E-state index contributed by atoms with van der Waals surface area (Å²) in [6.07, 6.45) is 6.57. The summed E-state index contributed by atoms with van der Waals surface area (Å²) >= 11 is 0. The number of hydrogen-bond donors (Lipinski definition) is 2. The number of aliphatic hydroxyl groups is 1. The van der Waals surface area contributed by atoms with E-state index < -0.39 is 0 Å². The molecule has 0 unspecified atom stereocenters. The number of pyridine rings is 1. The highest BCUT2D eigenvalue weighted by molar-refractivity contribution is 5.52. The number of H-pyrrole nitrogens is 1. The third-order valence-electron chi connectivity index (χ3n) is 5.63. The summed E-state index contributed by atoms with van der Waals surface area (Å²) in [4.78, 5) is 26.5. The zero-order chi connectivity index (χ0) is 21.6. The molecule has 1 aliphatic heterocycles. The SMILES string of the molecule is CCOc1ccc(CN2CCCC[C@@H]2c2cc(=O)[nH]c(-c3cccnc3)n2)cc1CO. The largest absolute Gasteiger partial charge is 0.494 e. The molecule has 2 N–H and O–H groups in total. The second kappa shape index (κ2) is 9.85. The van der Waals surface area contributed by atoms with Crippen LogP contribution >= 0.6 is 0 Å². The molecule has 1 saturated heterocycles. The molecule has 3 heterocycles. The van der Waals surface area contributed by atoms with Crippen molar-refractivity contribution in [1.29, 1.82) is 0 Å². The van der Waals surface area contributed by atoms with Crippen molar-refractivity contribution < 1.29 is 9.84 Å². The van der Waals surface area contributed by atoms with E-state index in [0.717, 1.165) is 60.5 Å². The minimum Gasteiger partial charge on any atom is -0.494 e. The quantitative estimate of drug-likeness (QED) is 0.608. The Morgan fingerprint density at radius 1 is 1.26 bits per heavy atom. The summed E-state index contributed by atoms with van der Waals surface area (Å²) in [5.74, 6) is 1.27. The number of aliphatic hydroxyl groups excluding tert-OH is 1. The fraction of sp³-hybridized carbons (Fsp3) is 0.375. The molecule has 0 saturated carbocycles. The first-order valence-electron chi connectivity index (χ1n) is 10.8. The standard InChI is InChI=1S/C24H28N4O3/c1-2-31-22-9-8-17(12-19(22)16-29)15-28-11-4-3-7-21(28)20-13-23(30)27-24(26-20)18-6-5-10-25-14-18/h5-6,8-10,12-14,21,29H,2-4,7,11,15-16H2,1H3,(H,26,27,30)/t21-/m1/s1. The number of hydrogen-bond acceptors (Lipinski definition) is 6. The van der Waals surface area contributed by atoms with Crippen LogP contribution in [0.4, 0.5) is 0 Å². The average molecular weight is 421 g/mol. The van der Waals surface area contributed by atoms with E-state index in [1.54, 1.807) is 18.5 Å². The molecule has 0 radical (unpaired) electrons. The van der Waals surface area contributed by atoms with Crippen molar-refractivity contribution in [1.82, 2.24) is 19.9 Å². The first kappa shape index (κ1) is 21.2. The number of aromatic amines is 1. The van der Waals surface area contributed by atoms with Gasteiger partial charge in [0.15, 0.2) is 0 Å². The van der Waals surface area contributed by atoms with Gasteiger partial charge in [-0.15, -0.1) is 0 Å². The van der Waals surface area contributed by atoms with E-state index in [1.807, 2.05) is 37.3 Å². The van der Waals surface area contributed by atoms with E-state index in [1.165, 1.54) is 0 Å². The Balaban J connectivity index is 1.61. The van der Waals surface area contributed by atoms with Crippen molar-refractivity contribution in [2.75, 3.05) is 13.2 Å². The van der Waals surface area contributed by atoms with Gasteiger partial charge in [0.05, 0.1) is 24.9 Å². The van der Waals surface area contributed by atoms with E-state index in [-0.39, 0.29) is 18.2 Å². The maximum Gasteiger partial charge on any atom is 0.251 e. The van der Waals surface area contributed by atoms with E-state index in [9.17, 15) is 9.90 Å². The maximum absolute atomic E-state index is 12.4. The highest BCUT2D eigenvalue weighted by Gasteiger charge is 2.26. The lowest BCUT2D eigenvalue weighted by Crippen LogP contribution is -2.34. The smallest absolute Gasteiger partial charge is 0.251 e. The number of nitrogens with one attached hydrogen (secondary N) is 1. The molecule has 0 bridgehead atoms. The van der Waals surface area contributed by atoms with E-state index in [2.05, 4.69) is 14.9 Å². The number of benzene rings is 1. The summed E-state index contributed by atoms with van der Waals surface area (Å²) in [5, 5.41) is 9.73. The number of rotatable bonds is 7. The Hall–Kier alpha value is -3.03. The van der Waals surface area contributed by atoms with Crippen molar-refractivity contribution >= 4 is 0 Å². The molecule has 0 amide bonds. The van der Waals surface area contributed by atoms with Crippen LogP contribution in [-0.4, -0.2) is 38.1 Å². The van der Waals surface area contributed by atoms with Gasteiger partial charge in [0, 0.05) is 36.1 Å². The predicted octanol–water partition coefficient (Wildman–Crippen LogP) is 3.45. The molecular formula is C24H28N4O3. The molecular weight excluding hydrogens is 392 g/mol. The second-order valence-electron chi connectivity index (χ2n) is 7.78. The lowest BCUT2D eigenvalue weighted by molar-refractivity contribution is 0.137. The molecule has 0 spiro atoms. The van der Waals surface area contributed by atoms with Crippen LogP contribution in [0.1, 0.15) is 49.0 Å². The topological polar surface area (TPSA) is 91.3 Å². The fourth-order valence-electron chi connectivity index (χ4n) is 4.19. The predicted molar refractivity (Wildman–Crippen MR) is 119 cm³/mol. The number of piperidine rings is 1. The van der Waals surface area contributed by atoms with Gasteiger partial charge in [-0.1, -0.05) is 12.5 Å². The molecule has 7 nitrogen and oxygen atoms in total. The molecule has 31 heavy (non-hydrogen) atoms. The Morgan fingerprint density at radius 3 is 2.94 bits per heavy atom. The van der Waals surface area contributed by atoms with Crippen molar-refractivity contribution in [3.63, 3.8) is 0 Å². The molecule has 3 aromatic rings. The fourth-order valence-corrected chi connectivity index (χ4v) is 4.19. The second-order valence-corrected chi connectivity index (χ2v) is 7.78. The van der Waals surface area contributed by atoms with Crippen LogP contribution in [0.15, 0.2) is 53.6 Å². The number of likely N-dealkylation sites (tertiary alicyclic amines) is 1. The van der Waals surface area contributed by atoms with Gasteiger partial charge < -0.3 is 14.8 Å². The molecule has 162 valence electrons. The van der Waals surface area contributed by atoms with E-state index in [4.69, 9.17) is 9.72 Å². The summed E-state index contributed by atoms with van der Waals surface area (Å²) < 4.78 is 5.60. The molecule has 7 heteroatoms. The van der Waals surface area contributed by atoms with Crippen LogP contribution in [0, 0.1) is 0 Å². The zero-order valence-corrected chi connectivity index (χ0v) is 17.8. The molecule has 1 fully saturated rings. The van der Waals surface area contributed by atoms with Gasteiger partial charge in [-0.3, -0.25) is 14.7 Å². The van der Waals surface area contributed by atoms with Gasteiger partial charge in [0.25, 0.3) is 5.56 Å². The Bertz CT molecular complexity index is 1070. The van der Waals surface area contributed by atoms with Gasteiger partial charge in [-0.25, -0.2) is 4.98 Å². The zero-order valence-electron chi connectivity index (χ0n) is 17.8. The van der Waals surface area contributed by atoms with Gasteiger partial charge in [-0.05, 0) is 56.1 Å². The first-order chi connectivity index (χ1) is 15.2. The van der Waals surface area contributed by atoms with Crippen LogP contribution in [0.25, 0.3) is 11.4 Å². The van der Waals surface area contributed by atoms with Gasteiger partial charge in [0.1, 0.15) is 11.6 Å². The molecule has 2 aromatic heterocycles. The Kier molecular flexibility index (Phi) is 6.74. The Morgan fingerprint density at radius 2 is 2.16 bits per heavy atom. The normalized spacial score (nSPS) is 16.9. The monoisotopic (exact) mass is 420 g/mol. The minimum absolute atomic E-state index is 0.0588. The summed E-state index contributed by atoms with van der Waals surface area (Å²) in [6, 6.07) is 11.4. The van der Waals surface area contributed by atoms with Crippen molar-refractivity contribution in [2.45, 2.75) is 45.4 Å². The number of aromatic nitrogens is 3. The van der Waals surface area contributed by atoms with E-state index in [0.29, 0.717) is 12.4 Å². The van der Waals surface area contributed by atoms with Crippen molar-refractivity contribution in [2.24, 2.45) is 0 Å². The van der Waals surface area contributed by atoms with Crippen LogP contribution < -0.4 is 10.3 Å². The van der Waals surface area contributed by atoms with Crippen LogP contribution in [0.3, 0.4) is 0 Å². The maximum atomic E-state index is 12.4. The third-order valence-corrected chi connectivity index (χ3v) is 5.63. The lowest BCUT2D eigenvalue weighted by Gasteiger charge is -2.35. The molecule has 1 aliphatic rings. The minimum atomic E-state index is -0.155. The third kappa shape index (κ3) is 5.00. The Labute approximate surface area is 181 Å². The van der Waals surface area contributed by atoms with Crippen LogP contribution in [0.5, 0.6) is 5.75 Å². The molecule has 1 atom stereocenters. The van der Waals surface area contributed by atoms with Gasteiger partial charge in [-0.2, -0.15) is 0 Å². The van der Waals surface area contributed by atoms with Crippen LogP contribution in [0.2, 0.25) is 0 Å². The van der Waals surface area contributed by atoms with Crippen molar-refractivity contribution in [3.8, 4) is 17.1 Å². The van der Waals surface area contributed by atoms with Crippen LogP contribution in [-0.2, 0) is 13.2 Å². The van der Waals surface area contributed by atoms with Crippen molar-refractivity contribution in [3.05, 3.63) is 76.0 Å². The average Bonchev–Trinajstić information content (AvgIpc) is 2.81. The number of nitrogens with zero attached hydrogens (tertiary/aromatic N) is 3. The molecule has 1 aromatic carbocycles. The van der Waals surface area contributed by atoms with E-state index >= 15 is 0 Å². The lowest BCUT2D eigenvalue weighted by atomic mass is 9.97. The molecule has 4 rings (SSSR count). The van der Waals surface area contributed by atoms with Gasteiger partial charge in [0.2, 0.25) is 0 Å². The number of ether oxygens (including phenoxy) is 1. The molecule has 0 aliphatic carbocycles. The highest BCUT2D eigenvalue weighted by atomic mass is 16.5. The summed E-state index contributed by atoms with van der Waals surface area (Å²) in [7, 11) is 0. The highest BCUT2D eigenvalue weighted by Crippen LogP contribution is 2.32.